The highest BCUT2D eigenvalue weighted by atomic mass is 16.5. The summed E-state index contributed by atoms with van der Waals surface area (Å²) in [7, 11) is 0. The van der Waals surface area contributed by atoms with E-state index >= 15 is 0 Å². The van der Waals surface area contributed by atoms with Crippen LogP contribution in [0.2, 0.25) is 0 Å². The highest BCUT2D eigenvalue weighted by Gasteiger charge is 2.19. The molecule has 0 amide bonds. The second kappa shape index (κ2) is 6.39. The molecular weight excluding hydrogens is 162 g/mol. The average Bonchev–Trinajstić information content (AvgIpc) is 2.15. The molecule has 2 nitrogen and oxygen atoms in total. The molecule has 0 aromatic heterocycles. The first-order chi connectivity index (χ1) is 6.34. The zero-order valence-electron chi connectivity index (χ0n) is 9.01. The van der Waals surface area contributed by atoms with Crippen molar-refractivity contribution in [1.82, 2.24) is 5.32 Å². The first kappa shape index (κ1) is 11.0. The van der Waals surface area contributed by atoms with E-state index in [-0.39, 0.29) is 0 Å². The fourth-order valence-electron chi connectivity index (χ4n) is 2.08. The molecule has 1 aliphatic rings. The average molecular weight is 185 g/mol. The van der Waals surface area contributed by atoms with Crippen molar-refractivity contribution in [1.29, 1.82) is 0 Å². The maximum absolute atomic E-state index is 5.30. The Morgan fingerprint density at radius 1 is 1.31 bits per heavy atom. The number of nitrogens with one attached hydrogen (secondary N) is 1. The lowest BCUT2D eigenvalue weighted by Crippen LogP contribution is -2.38. The van der Waals surface area contributed by atoms with Crippen molar-refractivity contribution in [2.24, 2.45) is 5.92 Å². The molecule has 0 aliphatic heterocycles. The summed E-state index contributed by atoms with van der Waals surface area (Å²) >= 11 is 0. The minimum Gasteiger partial charge on any atom is -0.380 e. The molecule has 1 rings (SSSR count). The Labute approximate surface area is 82.0 Å². The van der Waals surface area contributed by atoms with E-state index in [2.05, 4.69) is 12.2 Å². The number of hydrogen-bond donors (Lipinski definition) is 1. The normalized spacial score (nSPS) is 29.1. The van der Waals surface area contributed by atoms with Crippen LogP contribution in [0.3, 0.4) is 0 Å². The van der Waals surface area contributed by atoms with Crippen LogP contribution >= 0.6 is 0 Å². The van der Waals surface area contributed by atoms with Gasteiger partial charge in [-0.3, -0.25) is 0 Å². The SMILES string of the molecule is CCOCCNC1CCCCC1C. The van der Waals surface area contributed by atoms with Crippen molar-refractivity contribution < 1.29 is 4.74 Å². The zero-order chi connectivity index (χ0) is 9.52. The van der Waals surface area contributed by atoms with Gasteiger partial charge in [-0.05, 0) is 25.7 Å². The predicted octanol–water partition coefficient (Wildman–Crippen LogP) is 2.19. The Balaban J connectivity index is 2.05. The number of rotatable bonds is 5. The van der Waals surface area contributed by atoms with Crippen molar-refractivity contribution >= 4 is 0 Å². The number of ether oxygens (including phenoxy) is 1. The maximum atomic E-state index is 5.30. The summed E-state index contributed by atoms with van der Waals surface area (Å²) < 4.78 is 5.30. The fraction of sp³-hybridized carbons (Fsp3) is 1.00. The molecule has 13 heavy (non-hydrogen) atoms. The molecule has 1 aliphatic carbocycles. The van der Waals surface area contributed by atoms with Crippen molar-refractivity contribution in [3.63, 3.8) is 0 Å². The summed E-state index contributed by atoms with van der Waals surface area (Å²) in [6.45, 7) is 7.12. The van der Waals surface area contributed by atoms with Gasteiger partial charge >= 0.3 is 0 Å². The summed E-state index contributed by atoms with van der Waals surface area (Å²) in [6, 6.07) is 0.745. The molecule has 0 radical (unpaired) electrons. The summed E-state index contributed by atoms with van der Waals surface area (Å²) in [4.78, 5) is 0. The van der Waals surface area contributed by atoms with Gasteiger partial charge < -0.3 is 10.1 Å². The molecule has 0 aromatic rings. The molecular formula is C11H23NO. The van der Waals surface area contributed by atoms with Crippen LogP contribution in [0.1, 0.15) is 39.5 Å². The van der Waals surface area contributed by atoms with Crippen molar-refractivity contribution in [2.45, 2.75) is 45.6 Å². The van der Waals surface area contributed by atoms with E-state index in [1.165, 1.54) is 25.7 Å². The molecule has 2 heteroatoms. The highest BCUT2D eigenvalue weighted by Crippen LogP contribution is 2.23. The van der Waals surface area contributed by atoms with E-state index in [4.69, 9.17) is 4.74 Å². The highest BCUT2D eigenvalue weighted by molar-refractivity contribution is 4.77. The van der Waals surface area contributed by atoms with Gasteiger partial charge in [0.05, 0.1) is 6.61 Å². The second-order valence-electron chi connectivity index (χ2n) is 4.02. The van der Waals surface area contributed by atoms with Crippen LogP contribution in [0.4, 0.5) is 0 Å². The van der Waals surface area contributed by atoms with Gasteiger partial charge in [0.15, 0.2) is 0 Å². The lowest BCUT2D eigenvalue weighted by atomic mass is 9.86. The molecule has 0 spiro atoms. The molecule has 0 bridgehead atoms. The largest absolute Gasteiger partial charge is 0.380 e. The van der Waals surface area contributed by atoms with Gasteiger partial charge in [-0.2, -0.15) is 0 Å². The molecule has 0 heterocycles. The molecule has 0 saturated heterocycles. The molecule has 78 valence electrons. The van der Waals surface area contributed by atoms with E-state index in [0.717, 1.165) is 31.7 Å². The summed E-state index contributed by atoms with van der Waals surface area (Å²) in [5, 5.41) is 3.58. The van der Waals surface area contributed by atoms with Crippen molar-refractivity contribution in [3.05, 3.63) is 0 Å². The van der Waals surface area contributed by atoms with E-state index in [0.29, 0.717) is 0 Å². The van der Waals surface area contributed by atoms with Gasteiger partial charge in [0, 0.05) is 19.2 Å². The Kier molecular flexibility index (Phi) is 5.40. The second-order valence-corrected chi connectivity index (χ2v) is 4.02. The van der Waals surface area contributed by atoms with E-state index in [9.17, 15) is 0 Å². The molecule has 2 atom stereocenters. The van der Waals surface area contributed by atoms with E-state index in [1.807, 2.05) is 6.92 Å². The third kappa shape index (κ3) is 4.10. The third-order valence-electron chi connectivity index (χ3n) is 2.97. The van der Waals surface area contributed by atoms with Crippen molar-refractivity contribution in [3.8, 4) is 0 Å². The predicted molar refractivity (Wildman–Crippen MR) is 55.9 cm³/mol. The Bertz CT molecular complexity index is 127. The van der Waals surface area contributed by atoms with Crippen molar-refractivity contribution in [2.75, 3.05) is 19.8 Å². The van der Waals surface area contributed by atoms with Crippen LogP contribution in [0.5, 0.6) is 0 Å². The fourth-order valence-corrected chi connectivity index (χ4v) is 2.08. The molecule has 1 fully saturated rings. The van der Waals surface area contributed by atoms with Gasteiger partial charge in [0.25, 0.3) is 0 Å². The topological polar surface area (TPSA) is 21.3 Å². The zero-order valence-corrected chi connectivity index (χ0v) is 9.01. The van der Waals surface area contributed by atoms with Crippen LogP contribution < -0.4 is 5.32 Å². The first-order valence-corrected chi connectivity index (χ1v) is 5.65. The third-order valence-corrected chi connectivity index (χ3v) is 2.97. The summed E-state index contributed by atoms with van der Waals surface area (Å²) in [6.07, 6.45) is 5.57. The lowest BCUT2D eigenvalue weighted by molar-refractivity contribution is 0.141. The smallest absolute Gasteiger partial charge is 0.0590 e. The minimum atomic E-state index is 0.745. The Morgan fingerprint density at radius 3 is 2.77 bits per heavy atom. The quantitative estimate of drug-likeness (QED) is 0.663. The van der Waals surface area contributed by atoms with Gasteiger partial charge in [0.1, 0.15) is 0 Å². The van der Waals surface area contributed by atoms with Gasteiger partial charge in [-0.15, -0.1) is 0 Å². The number of hydrogen-bond acceptors (Lipinski definition) is 2. The van der Waals surface area contributed by atoms with Crippen LogP contribution in [-0.2, 0) is 4.74 Å². The lowest BCUT2D eigenvalue weighted by Gasteiger charge is -2.29. The van der Waals surface area contributed by atoms with Crippen LogP contribution in [0, 0.1) is 5.92 Å². The monoisotopic (exact) mass is 185 g/mol. The molecule has 1 saturated carbocycles. The first-order valence-electron chi connectivity index (χ1n) is 5.65. The van der Waals surface area contributed by atoms with Crippen LogP contribution in [-0.4, -0.2) is 25.8 Å². The molecule has 1 N–H and O–H groups in total. The van der Waals surface area contributed by atoms with Crippen LogP contribution in [0.15, 0.2) is 0 Å². The van der Waals surface area contributed by atoms with Gasteiger partial charge in [-0.25, -0.2) is 0 Å². The Morgan fingerprint density at radius 2 is 2.08 bits per heavy atom. The van der Waals surface area contributed by atoms with Gasteiger partial charge in [0.2, 0.25) is 0 Å². The minimum absolute atomic E-state index is 0.745. The maximum Gasteiger partial charge on any atom is 0.0590 e. The standard InChI is InChI=1S/C11H23NO/c1-3-13-9-8-12-11-7-5-4-6-10(11)2/h10-12H,3-9H2,1-2H3. The molecule has 2 unspecified atom stereocenters. The summed E-state index contributed by atoms with van der Waals surface area (Å²) in [5.74, 6) is 0.857. The summed E-state index contributed by atoms with van der Waals surface area (Å²) in [5.41, 5.74) is 0. The Hall–Kier alpha value is -0.0800. The van der Waals surface area contributed by atoms with Crippen LogP contribution in [0.25, 0.3) is 0 Å². The van der Waals surface area contributed by atoms with Gasteiger partial charge in [-0.1, -0.05) is 19.8 Å². The molecule has 0 aromatic carbocycles. The van der Waals surface area contributed by atoms with E-state index in [1.54, 1.807) is 0 Å². The van der Waals surface area contributed by atoms with E-state index < -0.39 is 0 Å².